The second-order valence-electron chi connectivity index (χ2n) is 10.0. The van der Waals surface area contributed by atoms with E-state index in [1.165, 1.54) is 4.88 Å². The van der Waals surface area contributed by atoms with Crippen LogP contribution in [0.15, 0.2) is 47.5 Å². The van der Waals surface area contributed by atoms with E-state index in [2.05, 4.69) is 26.1 Å². The number of aliphatic imine (C=N–C) groups is 1. The zero-order valence-corrected chi connectivity index (χ0v) is 22.6. The maximum atomic E-state index is 13.5. The molecule has 1 atom stereocenters. The van der Waals surface area contributed by atoms with E-state index >= 15 is 0 Å². The van der Waals surface area contributed by atoms with Crippen molar-refractivity contribution in [2.24, 2.45) is 16.3 Å². The molecule has 36 heavy (non-hydrogen) atoms. The lowest BCUT2D eigenvalue weighted by Crippen LogP contribution is -2.27. The summed E-state index contributed by atoms with van der Waals surface area (Å²) in [6.45, 7) is 6.88. The number of hydrogen-bond acceptors (Lipinski definition) is 6. The number of carbonyl (C=O) groups is 1. The molecular formula is C29H34N2O4S. The summed E-state index contributed by atoms with van der Waals surface area (Å²) >= 11 is 1.62. The fraction of sp³-hybridized carbons (Fsp3) is 0.379. The summed E-state index contributed by atoms with van der Waals surface area (Å²) in [7, 11) is 4.79. The second kappa shape index (κ2) is 10.7. The molecule has 1 aliphatic rings. The number of hydrogen-bond donors (Lipinski definition) is 1. The van der Waals surface area contributed by atoms with Crippen LogP contribution < -0.4 is 19.5 Å². The van der Waals surface area contributed by atoms with Gasteiger partial charge in [0.1, 0.15) is 10.8 Å². The lowest BCUT2D eigenvalue weighted by molar-refractivity contribution is 0.102. The number of carbonyl (C=O) groups excluding carboxylic acids is 1. The van der Waals surface area contributed by atoms with Gasteiger partial charge in [-0.15, -0.1) is 11.3 Å². The molecule has 0 saturated heterocycles. The predicted octanol–water partition coefficient (Wildman–Crippen LogP) is 6.93. The number of nitrogens with zero attached hydrogens (tertiary/aromatic N) is 1. The molecule has 1 unspecified atom stereocenters. The average molecular weight is 507 g/mol. The summed E-state index contributed by atoms with van der Waals surface area (Å²) in [6.07, 6.45) is 4.63. The minimum atomic E-state index is -0.126. The molecular weight excluding hydrogens is 472 g/mol. The van der Waals surface area contributed by atoms with Crippen molar-refractivity contribution in [3.63, 3.8) is 0 Å². The highest BCUT2D eigenvalue weighted by atomic mass is 32.1. The van der Waals surface area contributed by atoms with Crippen molar-refractivity contribution in [1.29, 1.82) is 0 Å². The molecule has 1 N–H and O–H groups in total. The Kier molecular flexibility index (Phi) is 7.69. The fourth-order valence-electron chi connectivity index (χ4n) is 4.63. The van der Waals surface area contributed by atoms with E-state index < -0.39 is 0 Å². The summed E-state index contributed by atoms with van der Waals surface area (Å²) in [6, 6.07) is 13.1. The molecule has 190 valence electrons. The first-order chi connectivity index (χ1) is 17.2. The highest BCUT2D eigenvalue weighted by molar-refractivity contribution is 7.16. The minimum absolute atomic E-state index is 0.126. The van der Waals surface area contributed by atoms with Crippen LogP contribution in [-0.4, -0.2) is 33.5 Å². The predicted molar refractivity (Wildman–Crippen MR) is 147 cm³/mol. The zero-order valence-electron chi connectivity index (χ0n) is 21.8. The number of para-hydroxylation sites is 1. The van der Waals surface area contributed by atoms with Crippen molar-refractivity contribution in [2.45, 2.75) is 40.0 Å². The smallest absolute Gasteiger partial charge is 0.259 e. The molecule has 1 aromatic heterocycles. The molecule has 2 aromatic carbocycles. The number of rotatable bonds is 7. The number of benzene rings is 2. The van der Waals surface area contributed by atoms with Crippen molar-refractivity contribution < 1.29 is 19.0 Å². The zero-order chi connectivity index (χ0) is 25.9. The van der Waals surface area contributed by atoms with E-state index in [1.807, 2.05) is 36.4 Å². The molecule has 0 fully saturated rings. The molecule has 1 heterocycles. The first-order valence-corrected chi connectivity index (χ1v) is 12.9. The first-order valence-electron chi connectivity index (χ1n) is 12.1. The molecule has 0 aliphatic heterocycles. The highest BCUT2D eigenvalue weighted by Crippen LogP contribution is 2.45. The largest absolute Gasteiger partial charge is 0.496 e. The molecule has 6 nitrogen and oxygen atoms in total. The minimum Gasteiger partial charge on any atom is -0.496 e. The maximum Gasteiger partial charge on any atom is 0.259 e. The topological polar surface area (TPSA) is 69.1 Å². The summed E-state index contributed by atoms with van der Waals surface area (Å²) in [5.74, 6) is 2.21. The Balaban J connectivity index is 1.75. The van der Waals surface area contributed by atoms with Crippen molar-refractivity contribution >= 4 is 34.1 Å². The van der Waals surface area contributed by atoms with Gasteiger partial charge in [0.2, 0.25) is 0 Å². The normalized spacial score (nSPS) is 15.4. The van der Waals surface area contributed by atoms with Gasteiger partial charge >= 0.3 is 0 Å². The van der Waals surface area contributed by atoms with E-state index in [0.717, 1.165) is 36.1 Å². The summed E-state index contributed by atoms with van der Waals surface area (Å²) in [5.41, 5.74) is 3.51. The van der Waals surface area contributed by atoms with E-state index in [-0.39, 0.29) is 11.3 Å². The summed E-state index contributed by atoms with van der Waals surface area (Å²) in [5, 5.41) is 3.77. The lowest BCUT2D eigenvalue weighted by Gasteiger charge is -2.33. The van der Waals surface area contributed by atoms with E-state index in [9.17, 15) is 4.79 Å². The van der Waals surface area contributed by atoms with Crippen LogP contribution in [0.1, 0.15) is 53.6 Å². The number of nitrogens with one attached hydrogen (secondary N) is 1. The van der Waals surface area contributed by atoms with Crippen LogP contribution in [0.5, 0.6) is 17.2 Å². The van der Waals surface area contributed by atoms with Gasteiger partial charge in [-0.25, -0.2) is 4.99 Å². The van der Waals surface area contributed by atoms with Crippen LogP contribution in [0.4, 0.5) is 10.7 Å². The van der Waals surface area contributed by atoms with E-state index in [4.69, 9.17) is 19.2 Å². The standard InChI is InChI=1S/C29H34N2O4S/c1-29(2,3)19-12-13-21-25(15-19)36-28(26(21)27(32)31-20-10-8-7-9-11-20)30-17-18-14-23(34-5)24(35-6)16-22(18)33-4/h7-11,14,16-17,19H,12-13,15H2,1-6H3,(H,31,32)/b30-17+. The van der Waals surface area contributed by atoms with E-state index in [0.29, 0.717) is 33.7 Å². The van der Waals surface area contributed by atoms with Gasteiger partial charge in [0, 0.05) is 28.4 Å². The average Bonchev–Trinajstić information content (AvgIpc) is 3.24. The van der Waals surface area contributed by atoms with Gasteiger partial charge in [-0.05, 0) is 54.4 Å². The molecule has 3 aromatic rings. The number of methoxy groups -OCH3 is 3. The molecule has 0 bridgehead atoms. The SMILES string of the molecule is COc1cc(OC)c(OC)cc1/C=N/c1sc2c(c1C(=O)Nc1ccccc1)CCC(C(C)(C)C)C2. The van der Waals surface area contributed by atoms with Crippen molar-refractivity contribution in [2.75, 3.05) is 26.6 Å². The van der Waals surface area contributed by atoms with Crippen LogP contribution in [0.25, 0.3) is 0 Å². The van der Waals surface area contributed by atoms with Crippen LogP contribution in [0.3, 0.4) is 0 Å². The summed E-state index contributed by atoms with van der Waals surface area (Å²) < 4.78 is 16.4. The van der Waals surface area contributed by atoms with Crippen LogP contribution in [0, 0.1) is 11.3 Å². The third-order valence-electron chi connectivity index (χ3n) is 6.79. The van der Waals surface area contributed by atoms with Gasteiger partial charge in [-0.1, -0.05) is 39.0 Å². The Labute approximate surface area is 217 Å². The number of fused-ring (bicyclic) bond motifs is 1. The highest BCUT2D eigenvalue weighted by Gasteiger charge is 2.33. The molecule has 0 spiro atoms. The Hall–Kier alpha value is -3.32. The summed E-state index contributed by atoms with van der Waals surface area (Å²) in [4.78, 5) is 19.6. The third-order valence-corrected chi connectivity index (χ3v) is 7.95. The van der Waals surface area contributed by atoms with Crippen LogP contribution >= 0.6 is 11.3 Å². The Bertz CT molecular complexity index is 1260. The van der Waals surface area contributed by atoms with Gasteiger partial charge < -0.3 is 19.5 Å². The molecule has 0 saturated carbocycles. The van der Waals surface area contributed by atoms with Crippen LogP contribution in [0.2, 0.25) is 0 Å². The number of ether oxygens (including phenoxy) is 3. The Morgan fingerprint density at radius 3 is 2.33 bits per heavy atom. The van der Waals surface area contributed by atoms with Crippen LogP contribution in [-0.2, 0) is 12.8 Å². The number of thiophene rings is 1. The molecule has 1 aliphatic carbocycles. The Morgan fingerprint density at radius 1 is 1.03 bits per heavy atom. The number of amides is 1. The molecule has 0 radical (unpaired) electrons. The fourth-order valence-corrected chi connectivity index (χ4v) is 5.90. The first kappa shape index (κ1) is 25.8. The van der Waals surface area contributed by atoms with E-state index in [1.54, 1.807) is 44.9 Å². The monoisotopic (exact) mass is 506 g/mol. The second-order valence-corrected chi connectivity index (χ2v) is 11.1. The quantitative estimate of drug-likeness (QED) is 0.353. The molecule has 7 heteroatoms. The lowest BCUT2D eigenvalue weighted by atomic mass is 9.72. The van der Waals surface area contributed by atoms with Crippen molar-refractivity contribution in [3.8, 4) is 17.2 Å². The van der Waals surface area contributed by atoms with Crippen molar-refractivity contribution in [3.05, 3.63) is 64.0 Å². The number of anilines is 1. The van der Waals surface area contributed by atoms with Gasteiger partial charge in [0.15, 0.2) is 11.5 Å². The maximum absolute atomic E-state index is 13.5. The van der Waals surface area contributed by atoms with Gasteiger partial charge in [0.25, 0.3) is 5.91 Å². The molecule has 1 amide bonds. The Morgan fingerprint density at radius 2 is 1.69 bits per heavy atom. The van der Waals surface area contributed by atoms with Gasteiger partial charge in [0.05, 0.1) is 26.9 Å². The van der Waals surface area contributed by atoms with Gasteiger partial charge in [-0.2, -0.15) is 0 Å². The van der Waals surface area contributed by atoms with Crippen molar-refractivity contribution in [1.82, 2.24) is 0 Å². The molecule has 4 rings (SSSR count). The third kappa shape index (κ3) is 5.41. The van der Waals surface area contributed by atoms with Gasteiger partial charge in [-0.3, -0.25) is 4.79 Å².